The first-order valence-electron chi connectivity index (χ1n) is 7.42. The molecule has 25 heavy (non-hydrogen) atoms. The molecule has 0 spiro atoms. The van der Waals surface area contributed by atoms with E-state index in [1.807, 2.05) is 6.07 Å². The van der Waals surface area contributed by atoms with Gasteiger partial charge in [0, 0.05) is 18.7 Å². The topological polar surface area (TPSA) is 119 Å². The summed E-state index contributed by atoms with van der Waals surface area (Å²) < 4.78 is 15.4. The van der Waals surface area contributed by atoms with Crippen molar-refractivity contribution in [1.82, 2.24) is 0 Å². The molecule has 9 heteroatoms. The monoisotopic (exact) mass is 370 g/mol. The van der Waals surface area contributed by atoms with Crippen LogP contribution in [0.15, 0.2) is 35.2 Å². The molecule has 0 aromatic heterocycles. The molecule has 136 valence electrons. The van der Waals surface area contributed by atoms with Crippen LogP contribution in [0.3, 0.4) is 0 Å². The zero-order chi connectivity index (χ0) is 18.6. The van der Waals surface area contributed by atoms with Crippen LogP contribution in [0, 0.1) is 0 Å². The average Bonchev–Trinajstić information content (AvgIpc) is 2.82. The van der Waals surface area contributed by atoms with E-state index < -0.39 is 47.8 Å². The fourth-order valence-corrected chi connectivity index (χ4v) is 3.51. The molecule has 0 unspecified atom stereocenters. The number of aliphatic hydroxyl groups excluding tert-OH is 1. The van der Waals surface area contributed by atoms with Gasteiger partial charge in [0.2, 0.25) is 6.10 Å². The van der Waals surface area contributed by atoms with Gasteiger partial charge in [-0.3, -0.25) is 9.59 Å². The Hall–Kier alpha value is -2.10. The number of ether oxygens (including phenoxy) is 3. The lowest BCUT2D eigenvalue weighted by atomic mass is 10.1. The van der Waals surface area contributed by atoms with Gasteiger partial charge < -0.3 is 24.4 Å². The van der Waals surface area contributed by atoms with Crippen molar-refractivity contribution in [1.29, 1.82) is 0 Å². The second-order valence-corrected chi connectivity index (χ2v) is 6.50. The van der Waals surface area contributed by atoms with Gasteiger partial charge in [0.25, 0.3) is 0 Å². The number of esters is 2. The zero-order valence-electron chi connectivity index (χ0n) is 13.5. The summed E-state index contributed by atoms with van der Waals surface area (Å²) in [6.45, 7) is 2.22. The highest BCUT2D eigenvalue weighted by molar-refractivity contribution is 7.99. The Morgan fingerprint density at radius 3 is 2.32 bits per heavy atom. The molecule has 1 heterocycles. The van der Waals surface area contributed by atoms with E-state index in [9.17, 15) is 24.6 Å². The summed E-state index contributed by atoms with van der Waals surface area (Å²) >= 11 is 1.16. The van der Waals surface area contributed by atoms with E-state index in [0.717, 1.165) is 23.6 Å². The van der Waals surface area contributed by atoms with Crippen molar-refractivity contribution in [2.24, 2.45) is 0 Å². The minimum atomic E-state index is -1.72. The van der Waals surface area contributed by atoms with Crippen molar-refractivity contribution in [3.05, 3.63) is 30.3 Å². The second kappa shape index (κ2) is 8.32. The van der Waals surface area contributed by atoms with E-state index in [2.05, 4.69) is 0 Å². The largest absolute Gasteiger partial charge is 0.478 e. The third-order valence-corrected chi connectivity index (χ3v) is 4.52. The molecule has 1 aromatic carbocycles. The molecular weight excluding hydrogens is 352 g/mol. The standard InChI is InChI=1S/C16H18O8S/c1-8(17)22-13-11(19)12(14(15(20)21)23-9(2)18)24-16(13)25-10-6-4-3-5-7-10/h3-7,11-14,16,19H,1-2H3,(H,20,21)/t11-,12-,13+,14-,16+/m0/s1. The van der Waals surface area contributed by atoms with Gasteiger partial charge in [-0.05, 0) is 12.1 Å². The van der Waals surface area contributed by atoms with Crippen LogP contribution in [0.2, 0.25) is 0 Å². The van der Waals surface area contributed by atoms with Gasteiger partial charge in [-0.15, -0.1) is 0 Å². The summed E-state index contributed by atoms with van der Waals surface area (Å²) in [5.74, 6) is -2.94. The van der Waals surface area contributed by atoms with Gasteiger partial charge in [0.05, 0.1) is 0 Å². The van der Waals surface area contributed by atoms with E-state index in [4.69, 9.17) is 14.2 Å². The minimum Gasteiger partial charge on any atom is -0.478 e. The van der Waals surface area contributed by atoms with Crippen LogP contribution in [-0.4, -0.2) is 58.0 Å². The molecule has 0 amide bonds. The molecule has 2 rings (SSSR count). The number of carboxylic acid groups (broad SMARTS) is 1. The first-order valence-corrected chi connectivity index (χ1v) is 8.30. The molecule has 8 nitrogen and oxygen atoms in total. The summed E-state index contributed by atoms with van der Waals surface area (Å²) in [6.07, 6.45) is -5.66. The number of carboxylic acids is 1. The predicted octanol–water partition coefficient (Wildman–Crippen LogP) is 0.812. The maximum absolute atomic E-state index is 11.4. The maximum Gasteiger partial charge on any atom is 0.347 e. The van der Waals surface area contributed by atoms with Gasteiger partial charge >= 0.3 is 17.9 Å². The normalized spacial score (nSPS) is 26.7. The lowest BCUT2D eigenvalue weighted by molar-refractivity contribution is -0.175. The number of carbonyl (C=O) groups is 3. The first kappa shape index (κ1) is 19.2. The molecule has 2 N–H and O–H groups in total. The SMILES string of the molecule is CC(=O)O[C@@H]1[C@@H](O)[C@@H]([C@H](OC(C)=O)C(=O)O)O[C@@H]1Sc1ccccc1. The highest BCUT2D eigenvalue weighted by Gasteiger charge is 2.52. The Kier molecular flexibility index (Phi) is 6.40. The predicted molar refractivity (Wildman–Crippen MR) is 85.7 cm³/mol. The van der Waals surface area contributed by atoms with E-state index in [1.165, 1.54) is 6.92 Å². The number of hydrogen-bond donors (Lipinski definition) is 2. The molecule has 1 aromatic rings. The highest BCUT2D eigenvalue weighted by Crippen LogP contribution is 2.37. The Morgan fingerprint density at radius 1 is 1.16 bits per heavy atom. The maximum atomic E-state index is 11.4. The van der Waals surface area contributed by atoms with Crippen LogP contribution in [0.4, 0.5) is 0 Å². The number of aliphatic carboxylic acids is 1. The molecule has 0 aliphatic carbocycles. The quantitative estimate of drug-likeness (QED) is 0.701. The molecule has 0 saturated carbocycles. The number of aliphatic hydroxyl groups is 1. The van der Waals surface area contributed by atoms with Gasteiger partial charge in [0.1, 0.15) is 17.6 Å². The van der Waals surface area contributed by atoms with Gasteiger partial charge in [-0.1, -0.05) is 30.0 Å². The van der Waals surface area contributed by atoms with Crippen molar-refractivity contribution in [3.8, 4) is 0 Å². The minimum absolute atomic E-state index is 0.647. The third-order valence-electron chi connectivity index (χ3n) is 3.36. The highest BCUT2D eigenvalue weighted by atomic mass is 32.2. The van der Waals surface area contributed by atoms with Crippen LogP contribution in [0.1, 0.15) is 13.8 Å². The summed E-state index contributed by atoms with van der Waals surface area (Å²) in [6, 6.07) is 9.00. The molecule has 1 fully saturated rings. The van der Waals surface area contributed by atoms with Crippen LogP contribution in [0.25, 0.3) is 0 Å². The lowest BCUT2D eigenvalue weighted by Crippen LogP contribution is -2.46. The van der Waals surface area contributed by atoms with Crippen molar-refractivity contribution in [3.63, 3.8) is 0 Å². The molecule has 1 aliphatic rings. The molecule has 0 bridgehead atoms. The molecule has 1 saturated heterocycles. The van der Waals surface area contributed by atoms with Crippen molar-refractivity contribution < 1.29 is 38.8 Å². The summed E-state index contributed by atoms with van der Waals surface area (Å²) in [5, 5.41) is 19.7. The lowest BCUT2D eigenvalue weighted by Gasteiger charge is -2.22. The molecule has 5 atom stereocenters. The number of benzene rings is 1. The fourth-order valence-electron chi connectivity index (χ4n) is 2.39. The van der Waals surface area contributed by atoms with Gasteiger partial charge in [0.15, 0.2) is 6.10 Å². The van der Waals surface area contributed by atoms with Crippen LogP contribution >= 0.6 is 11.8 Å². The summed E-state index contributed by atoms with van der Waals surface area (Å²) in [4.78, 5) is 34.6. The fraction of sp³-hybridized carbons (Fsp3) is 0.438. The Balaban J connectivity index is 2.24. The smallest absolute Gasteiger partial charge is 0.347 e. The molecular formula is C16H18O8S. The first-order chi connectivity index (χ1) is 11.8. The van der Waals surface area contributed by atoms with Crippen LogP contribution in [0.5, 0.6) is 0 Å². The Labute approximate surface area is 148 Å². The molecule has 0 radical (unpaired) electrons. The van der Waals surface area contributed by atoms with E-state index in [1.54, 1.807) is 24.3 Å². The summed E-state index contributed by atoms with van der Waals surface area (Å²) in [7, 11) is 0. The Morgan fingerprint density at radius 2 is 1.80 bits per heavy atom. The summed E-state index contributed by atoms with van der Waals surface area (Å²) in [5.41, 5.74) is -0.858. The third kappa shape index (κ3) is 4.94. The average molecular weight is 370 g/mol. The number of rotatable bonds is 6. The molecule has 1 aliphatic heterocycles. The number of carbonyl (C=O) groups excluding carboxylic acids is 2. The van der Waals surface area contributed by atoms with Gasteiger partial charge in [-0.2, -0.15) is 0 Å². The van der Waals surface area contributed by atoms with Crippen LogP contribution in [-0.2, 0) is 28.6 Å². The van der Waals surface area contributed by atoms with Crippen LogP contribution < -0.4 is 0 Å². The number of hydrogen-bond acceptors (Lipinski definition) is 8. The van der Waals surface area contributed by atoms with E-state index in [0.29, 0.717) is 0 Å². The second-order valence-electron chi connectivity index (χ2n) is 5.33. The van der Waals surface area contributed by atoms with Crippen molar-refractivity contribution in [2.45, 2.75) is 48.6 Å². The van der Waals surface area contributed by atoms with Gasteiger partial charge in [-0.25, -0.2) is 4.79 Å². The number of thioether (sulfide) groups is 1. The van der Waals surface area contributed by atoms with Crippen molar-refractivity contribution in [2.75, 3.05) is 0 Å². The van der Waals surface area contributed by atoms with E-state index in [-0.39, 0.29) is 0 Å². The zero-order valence-corrected chi connectivity index (χ0v) is 14.3. The van der Waals surface area contributed by atoms with E-state index >= 15 is 0 Å². The Bertz CT molecular complexity index is 634. The van der Waals surface area contributed by atoms with Crippen molar-refractivity contribution >= 4 is 29.7 Å².